The van der Waals surface area contributed by atoms with Crippen LogP contribution >= 0.6 is 0 Å². The molecule has 40 heavy (non-hydrogen) atoms. The Balaban J connectivity index is 1.18. The van der Waals surface area contributed by atoms with E-state index in [2.05, 4.69) is 15.5 Å². The summed E-state index contributed by atoms with van der Waals surface area (Å²) in [5.41, 5.74) is 5.27. The Morgan fingerprint density at radius 2 is 1.40 bits per heavy atom. The molecule has 1 atom stereocenters. The Kier molecular flexibility index (Phi) is 8.89. The first-order chi connectivity index (χ1) is 19.6. The molecule has 204 valence electrons. The highest BCUT2D eigenvalue weighted by atomic mass is 16.5. The van der Waals surface area contributed by atoms with E-state index in [-0.39, 0.29) is 17.9 Å². The first-order valence-electron chi connectivity index (χ1n) is 13.9. The zero-order valence-electron chi connectivity index (χ0n) is 22.8. The Hall–Kier alpha value is -4.42. The molecule has 1 saturated heterocycles. The van der Waals surface area contributed by atoms with Gasteiger partial charge >= 0.3 is 5.97 Å². The van der Waals surface area contributed by atoms with Gasteiger partial charge in [0.1, 0.15) is 6.04 Å². The lowest BCUT2D eigenvalue weighted by molar-refractivity contribution is -0.150. The van der Waals surface area contributed by atoms with Crippen LogP contribution < -0.4 is 10.6 Å². The van der Waals surface area contributed by atoms with E-state index in [4.69, 9.17) is 4.74 Å². The van der Waals surface area contributed by atoms with Crippen molar-refractivity contribution in [2.24, 2.45) is 0 Å². The number of piperidine rings is 1. The monoisotopic (exact) mass is 533 g/mol. The maximum Gasteiger partial charge on any atom is 0.327 e. The van der Waals surface area contributed by atoms with Gasteiger partial charge in [0.05, 0.1) is 6.61 Å². The standard InChI is InChI=1S/C34H35N3O3/c1-2-40-34(39)32(26-13-7-4-8-14-26)37-23-21-29(22-24-37)35-27-17-19-28(20-18-27)36-33(38)31-16-10-9-15-30(31)25-11-5-3-6-12-25/h3-20,29,32,35H,2,21-24H2,1H3,(H,36,38). The molecule has 6 nitrogen and oxygen atoms in total. The predicted molar refractivity (Wildman–Crippen MR) is 160 cm³/mol. The third-order valence-corrected chi connectivity index (χ3v) is 7.29. The third kappa shape index (κ3) is 6.58. The van der Waals surface area contributed by atoms with Crippen LogP contribution in [0.2, 0.25) is 0 Å². The van der Waals surface area contributed by atoms with Crippen molar-refractivity contribution in [2.45, 2.75) is 31.8 Å². The minimum atomic E-state index is -0.378. The van der Waals surface area contributed by atoms with Crippen LogP contribution in [0.3, 0.4) is 0 Å². The quantitative estimate of drug-likeness (QED) is 0.232. The van der Waals surface area contributed by atoms with Crippen LogP contribution in [0.1, 0.15) is 41.7 Å². The summed E-state index contributed by atoms with van der Waals surface area (Å²) in [5.74, 6) is -0.328. The van der Waals surface area contributed by atoms with Gasteiger partial charge in [-0.3, -0.25) is 9.69 Å². The van der Waals surface area contributed by atoms with Crippen molar-refractivity contribution >= 4 is 23.3 Å². The number of esters is 1. The van der Waals surface area contributed by atoms with Gasteiger partial charge < -0.3 is 15.4 Å². The highest BCUT2D eigenvalue weighted by molar-refractivity contribution is 6.08. The second-order valence-electron chi connectivity index (χ2n) is 9.96. The maximum absolute atomic E-state index is 13.1. The van der Waals surface area contributed by atoms with E-state index in [1.54, 1.807) is 0 Å². The van der Waals surface area contributed by atoms with Crippen molar-refractivity contribution in [1.29, 1.82) is 0 Å². The number of hydrogen-bond donors (Lipinski definition) is 2. The van der Waals surface area contributed by atoms with Crippen molar-refractivity contribution in [3.8, 4) is 11.1 Å². The summed E-state index contributed by atoms with van der Waals surface area (Å²) in [7, 11) is 0. The van der Waals surface area contributed by atoms with Crippen molar-refractivity contribution in [3.63, 3.8) is 0 Å². The van der Waals surface area contributed by atoms with Gasteiger partial charge in [0, 0.05) is 36.1 Å². The number of nitrogens with one attached hydrogen (secondary N) is 2. The molecule has 1 heterocycles. The highest BCUT2D eigenvalue weighted by Gasteiger charge is 2.32. The lowest BCUT2D eigenvalue weighted by atomic mass is 9.99. The first-order valence-corrected chi connectivity index (χ1v) is 13.9. The van der Waals surface area contributed by atoms with E-state index >= 15 is 0 Å². The number of nitrogens with zero attached hydrogens (tertiary/aromatic N) is 1. The Morgan fingerprint density at radius 3 is 2.08 bits per heavy atom. The first kappa shape index (κ1) is 27.2. The Labute approximate surface area is 236 Å². The van der Waals surface area contributed by atoms with E-state index in [9.17, 15) is 9.59 Å². The van der Waals surface area contributed by atoms with Gasteiger partial charge in [-0.15, -0.1) is 0 Å². The average Bonchev–Trinajstić information content (AvgIpc) is 3.00. The van der Waals surface area contributed by atoms with Gasteiger partial charge in [-0.2, -0.15) is 0 Å². The van der Waals surface area contributed by atoms with E-state index < -0.39 is 0 Å². The average molecular weight is 534 g/mol. The lowest BCUT2D eigenvalue weighted by Crippen LogP contribution is -2.44. The third-order valence-electron chi connectivity index (χ3n) is 7.29. The van der Waals surface area contributed by atoms with Crippen molar-refractivity contribution in [1.82, 2.24) is 4.90 Å². The molecule has 6 heteroatoms. The molecule has 1 aliphatic heterocycles. The van der Waals surface area contributed by atoms with E-state index in [0.29, 0.717) is 18.2 Å². The zero-order valence-corrected chi connectivity index (χ0v) is 22.8. The number of benzene rings is 4. The van der Waals surface area contributed by atoms with E-state index in [0.717, 1.165) is 54.0 Å². The molecule has 1 aliphatic rings. The van der Waals surface area contributed by atoms with E-state index in [1.807, 2.05) is 116 Å². The minimum Gasteiger partial charge on any atom is -0.465 e. The molecule has 1 unspecified atom stereocenters. The topological polar surface area (TPSA) is 70.7 Å². The van der Waals surface area contributed by atoms with Crippen LogP contribution in [0.5, 0.6) is 0 Å². The van der Waals surface area contributed by atoms with Gasteiger partial charge in [-0.1, -0.05) is 78.9 Å². The molecule has 5 rings (SSSR count). The number of likely N-dealkylation sites (tertiary alicyclic amines) is 1. The molecule has 4 aromatic rings. The minimum absolute atomic E-state index is 0.137. The summed E-state index contributed by atoms with van der Waals surface area (Å²) in [6, 6.07) is 35.2. The molecule has 2 N–H and O–H groups in total. The van der Waals surface area contributed by atoms with Crippen LogP contribution in [0, 0.1) is 0 Å². The number of hydrogen-bond acceptors (Lipinski definition) is 5. The molecule has 0 aliphatic carbocycles. The maximum atomic E-state index is 13.1. The largest absolute Gasteiger partial charge is 0.465 e. The van der Waals surface area contributed by atoms with E-state index in [1.165, 1.54) is 0 Å². The summed E-state index contributed by atoms with van der Waals surface area (Å²) in [6.45, 7) is 3.81. The van der Waals surface area contributed by atoms with Gasteiger partial charge in [-0.05, 0) is 66.8 Å². The van der Waals surface area contributed by atoms with Crippen LogP contribution in [-0.2, 0) is 9.53 Å². The van der Waals surface area contributed by atoms with Crippen LogP contribution in [0.25, 0.3) is 11.1 Å². The van der Waals surface area contributed by atoms with Crippen molar-refractivity contribution < 1.29 is 14.3 Å². The fourth-order valence-electron chi connectivity index (χ4n) is 5.29. The number of ether oxygens (including phenoxy) is 1. The summed E-state index contributed by atoms with van der Waals surface area (Å²) < 4.78 is 5.40. The number of rotatable bonds is 9. The summed E-state index contributed by atoms with van der Waals surface area (Å²) >= 11 is 0. The Bertz CT molecular complexity index is 1400. The number of amides is 1. The summed E-state index contributed by atoms with van der Waals surface area (Å²) in [5, 5.41) is 6.66. The van der Waals surface area contributed by atoms with Crippen LogP contribution in [-0.4, -0.2) is 42.5 Å². The molecule has 0 radical (unpaired) electrons. The number of anilines is 2. The SMILES string of the molecule is CCOC(=O)C(c1ccccc1)N1CCC(Nc2ccc(NC(=O)c3ccccc3-c3ccccc3)cc2)CC1. The van der Waals surface area contributed by atoms with Crippen molar-refractivity contribution in [2.75, 3.05) is 30.3 Å². The zero-order chi connectivity index (χ0) is 27.7. The molecular formula is C34H35N3O3. The molecule has 1 amide bonds. The molecule has 1 fully saturated rings. The molecule has 4 aromatic carbocycles. The molecule has 0 saturated carbocycles. The lowest BCUT2D eigenvalue weighted by Gasteiger charge is -2.37. The smallest absolute Gasteiger partial charge is 0.327 e. The summed E-state index contributed by atoms with van der Waals surface area (Å²) in [4.78, 5) is 28.1. The normalized spacial score (nSPS) is 14.7. The van der Waals surface area contributed by atoms with Crippen molar-refractivity contribution in [3.05, 3.63) is 120 Å². The Morgan fingerprint density at radius 1 is 0.800 bits per heavy atom. The second kappa shape index (κ2) is 13.1. The predicted octanol–water partition coefficient (Wildman–Crippen LogP) is 6.79. The van der Waals surface area contributed by atoms with Gasteiger partial charge in [-0.25, -0.2) is 4.79 Å². The number of carbonyl (C=O) groups excluding carboxylic acids is 2. The van der Waals surface area contributed by atoms with Crippen LogP contribution in [0.4, 0.5) is 11.4 Å². The number of carbonyl (C=O) groups is 2. The van der Waals surface area contributed by atoms with Crippen LogP contribution in [0.15, 0.2) is 109 Å². The van der Waals surface area contributed by atoms with Gasteiger partial charge in [0.25, 0.3) is 5.91 Å². The second-order valence-corrected chi connectivity index (χ2v) is 9.96. The van der Waals surface area contributed by atoms with Gasteiger partial charge in [0.15, 0.2) is 0 Å². The molecule has 0 bridgehead atoms. The molecule has 0 aromatic heterocycles. The van der Waals surface area contributed by atoms with Gasteiger partial charge in [0.2, 0.25) is 0 Å². The fraction of sp³-hybridized carbons (Fsp3) is 0.235. The molecular weight excluding hydrogens is 498 g/mol. The highest BCUT2D eigenvalue weighted by Crippen LogP contribution is 2.28. The fourth-order valence-corrected chi connectivity index (χ4v) is 5.29. The molecule has 0 spiro atoms. The summed E-state index contributed by atoms with van der Waals surface area (Å²) in [6.07, 6.45) is 1.83.